The maximum absolute atomic E-state index is 14.5. The zero-order chi connectivity index (χ0) is 39.4. The minimum atomic E-state index is -4.58. The van der Waals surface area contributed by atoms with Crippen molar-refractivity contribution in [3.05, 3.63) is 101 Å². The van der Waals surface area contributed by atoms with E-state index in [2.05, 4.69) is 9.97 Å². The maximum atomic E-state index is 14.5. The topological polar surface area (TPSA) is 161 Å². The van der Waals surface area contributed by atoms with Crippen LogP contribution in [-0.2, 0) is 52.4 Å². The Morgan fingerprint density at radius 3 is 2.24 bits per heavy atom. The summed E-state index contributed by atoms with van der Waals surface area (Å²) < 4.78 is 123. The Labute approximate surface area is 312 Å². The molecular formula is C36H36F3N3O9S3. The summed E-state index contributed by atoms with van der Waals surface area (Å²) in [5.74, 6) is -1.58. The number of aromatic nitrogens is 3. The molecule has 1 unspecified atom stereocenters. The van der Waals surface area contributed by atoms with Gasteiger partial charge in [-0.05, 0) is 80.8 Å². The lowest BCUT2D eigenvalue weighted by molar-refractivity contribution is -0.153. The molecule has 0 aliphatic heterocycles. The second kappa shape index (κ2) is 16.3. The third kappa shape index (κ3) is 9.27. The number of ether oxygens (including phenoxy) is 3. The van der Waals surface area contributed by atoms with Crippen molar-refractivity contribution in [1.82, 2.24) is 13.9 Å². The number of para-hydroxylation sites is 2. The van der Waals surface area contributed by atoms with Crippen LogP contribution in [-0.4, -0.2) is 72.7 Å². The van der Waals surface area contributed by atoms with Gasteiger partial charge in [-0.25, -0.2) is 30.6 Å². The first-order chi connectivity index (χ1) is 25.4. The van der Waals surface area contributed by atoms with Crippen molar-refractivity contribution in [1.29, 1.82) is 0 Å². The Bertz CT molecular complexity index is 2410. The molecule has 0 radical (unpaired) electrons. The van der Waals surface area contributed by atoms with E-state index in [1.807, 2.05) is 6.92 Å². The van der Waals surface area contributed by atoms with Gasteiger partial charge in [-0.3, -0.25) is 9.19 Å². The fourth-order valence-electron chi connectivity index (χ4n) is 5.66. The standard InChI is InChI=1S/C36H36F3N3O9S3/c1-5-28-30(40-15-14-32(28)51-22-36(37,38)39)21-52(44)35-41-29-8-6-7-9-31(29)42(35)54(47,48)34-24(3)18-26(19-25(34)4)50-20-33(43)49-16-17-53(45,46)27-12-10-23(2)11-13-27/h6-15,18-19H,5,16-17,20-22H2,1-4H3. The quantitative estimate of drug-likeness (QED) is 0.118. The molecule has 5 rings (SSSR count). The molecule has 0 saturated carbocycles. The molecule has 0 N–H and O–H groups in total. The number of hydrogen-bond donors (Lipinski definition) is 0. The molecule has 2 heterocycles. The van der Waals surface area contributed by atoms with Gasteiger partial charge < -0.3 is 14.2 Å². The third-order valence-electron chi connectivity index (χ3n) is 8.09. The third-order valence-corrected chi connectivity index (χ3v) is 13.1. The van der Waals surface area contributed by atoms with Crippen molar-refractivity contribution in [2.24, 2.45) is 0 Å². The number of fused-ring (bicyclic) bond motifs is 1. The highest BCUT2D eigenvalue weighted by Crippen LogP contribution is 2.33. The summed E-state index contributed by atoms with van der Waals surface area (Å²) in [5, 5.41) is -0.326. The molecule has 288 valence electrons. The summed E-state index contributed by atoms with van der Waals surface area (Å²) in [7, 11) is -10.4. The fraction of sp³-hybridized carbons (Fsp3) is 0.306. The second-order valence-electron chi connectivity index (χ2n) is 12.2. The molecule has 0 spiro atoms. The summed E-state index contributed by atoms with van der Waals surface area (Å²) >= 11 is 0. The normalized spacial score (nSPS) is 12.8. The Hall–Kier alpha value is -4.81. The number of hydrogen-bond acceptors (Lipinski definition) is 11. The van der Waals surface area contributed by atoms with E-state index in [1.54, 1.807) is 37.3 Å². The lowest BCUT2D eigenvalue weighted by Gasteiger charge is -2.17. The molecule has 54 heavy (non-hydrogen) atoms. The summed E-state index contributed by atoms with van der Waals surface area (Å²) in [6, 6.07) is 16.6. The first-order valence-electron chi connectivity index (χ1n) is 16.4. The number of halogens is 3. The van der Waals surface area contributed by atoms with Crippen molar-refractivity contribution in [2.75, 3.05) is 25.6 Å². The number of benzene rings is 3. The number of carbonyl (C=O) groups excluding carboxylic acids is 1. The van der Waals surface area contributed by atoms with E-state index in [0.717, 1.165) is 9.54 Å². The number of aryl methyl sites for hydroxylation is 3. The Kier molecular flexibility index (Phi) is 12.2. The van der Waals surface area contributed by atoms with Crippen molar-refractivity contribution >= 4 is 47.7 Å². The zero-order valence-electron chi connectivity index (χ0n) is 29.5. The number of esters is 1. The average molecular weight is 808 g/mol. The van der Waals surface area contributed by atoms with Crippen LogP contribution in [0.4, 0.5) is 13.2 Å². The van der Waals surface area contributed by atoms with Crippen LogP contribution < -0.4 is 9.47 Å². The summed E-state index contributed by atoms with van der Waals surface area (Å²) in [6.07, 6.45) is -3.16. The first kappa shape index (κ1) is 40.4. The smallest absolute Gasteiger partial charge is 0.422 e. The van der Waals surface area contributed by atoms with E-state index in [0.29, 0.717) is 5.56 Å². The van der Waals surface area contributed by atoms with Crippen LogP contribution in [0.1, 0.15) is 34.9 Å². The fourth-order valence-corrected chi connectivity index (χ4v) is 10.2. The Balaban J connectivity index is 1.36. The Morgan fingerprint density at radius 2 is 1.59 bits per heavy atom. The summed E-state index contributed by atoms with van der Waals surface area (Å²) in [5.41, 5.74) is 2.16. The van der Waals surface area contributed by atoms with Gasteiger partial charge in [0.1, 0.15) is 18.1 Å². The number of nitrogens with zero attached hydrogens (tertiary/aromatic N) is 3. The minimum absolute atomic E-state index is 0.0779. The number of imidazole rings is 1. The molecule has 3 aromatic carbocycles. The van der Waals surface area contributed by atoms with E-state index in [4.69, 9.17) is 14.2 Å². The number of carbonyl (C=O) groups is 1. The maximum Gasteiger partial charge on any atom is 0.422 e. The second-order valence-corrected chi connectivity index (χ2v) is 17.3. The van der Waals surface area contributed by atoms with Crippen LogP contribution in [0.15, 0.2) is 87.9 Å². The number of rotatable bonds is 15. The van der Waals surface area contributed by atoms with Gasteiger partial charge in [0.05, 0.1) is 48.8 Å². The van der Waals surface area contributed by atoms with Gasteiger partial charge in [-0.15, -0.1) is 0 Å². The summed E-state index contributed by atoms with van der Waals surface area (Å²) in [4.78, 5) is 21.0. The van der Waals surface area contributed by atoms with Gasteiger partial charge >= 0.3 is 12.1 Å². The largest absolute Gasteiger partial charge is 0.484 e. The molecule has 0 amide bonds. The number of sulfone groups is 1. The molecule has 0 bridgehead atoms. The van der Waals surface area contributed by atoms with Crippen molar-refractivity contribution in [3.8, 4) is 11.5 Å². The predicted molar refractivity (Wildman–Crippen MR) is 193 cm³/mol. The van der Waals surface area contributed by atoms with E-state index in [1.165, 1.54) is 56.4 Å². The van der Waals surface area contributed by atoms with Gasteiger partial charge in [-0.2, -0.15) is 13.2 Å². The van der Waals surface area contributed by atoms with Crippen LogP contribution in [0.25, 0.3) is 11.0 Å². The average Bonchev–Trinajstić information content (AvgIpc) is 3.50. The van der Waals surface area contributed by atoms with Crippen LogP contribution >= 0.6 is 0 Å². The highest BCUT2D eigenvalue weighted by molar-refractivity contribution is 7.91. The monoisotopic (exact) mass is 807 g/mol. The van der Waals surface area contributed by atoms with Crippen molar-refractivity contribution in [2.45, 2.75) is 61.0 Å². The highest BCUT2D eigenvalue weighted by Gasteiger charge is 2.32. The molecule has 0 fully saturated rings. The van der Waals surface area contributed by atoms with Gasteiger partial charge in [0.25, 0.3) is 10.0 Å². The van der Waals surface area contributed by atoms with Gasteiger partial charge in [0.15, 0.2) is 23.1 Å². The predicted octanol–water partition coefficient (Wildman–Crippen LogP) is 5.80. The lowest BCUT2D eigenvalue weighted by Crippen LogP contribution is -2.21. The van der Waals surface area contributed by atoms with Crippen LogP contribution in [0.2, 0.25) is 0 Å². The van der Waals surface area contributed by atoms with E-state index >= 15 is 0 Å². The SMILES string of the molecule is CCc1c(OCC(F)(F)F)ccnc1CS(=O)c1nc2ccccc2n1S(=O)(=O)c1c(C)cc(OCC(=O)OCCS(=O)(=O)c2ccc(C)cc2)cc1C. The van der Waals surface area contributed by atoms with Gasteiger partial charge in [0, 0.05) is 11.8 Å². The van der Waals surface area contributed by atoms with Crippen molar-refractivity contribution < 1.29 is 53.2 Å². The van der Waals surface area contributed by atoms with E-state index in [-0.39, 0.29) is 66.5 Å². The highest BCUT2D eigenvalue weighted by atomic mass is 32.2. The molecule has 0 saturated heterocycles. The molecular weight excluding hydrogens is 772 g/mol. The van der Waals surface area contributed by atoms with Gasteiger partial charge in [0.2, 0.25) is 5.16 Å². The Morgan fingerprint density at radius 1 is 0.926 bits per heavy atom. The zero-order valence-corrected chi connectivity index (χ0v) is 32.0. The molecule has 18 heteroatoms. The first-order valence-corrected chi connectivity index (χ1v) is 20.8. The van der Waals surface area contributed by atoms with Crippen LogP contribution in [0.3, 0.4) is 0 Å². The molecule has 0 aliphatic rings. The molecule has 2 aromatic heterocycles. The van der Waals surface area contributed by atoms with E-state index in [9.17, 15) is 39.0 Å². The molecule has 0 aliphatic carbocycles. The minimum Gasteiger partial charge on any atom is -0.484 e. The number of pyridine rings is 1. The number of alkyl halides is 3. The molecule has 12 nitrogen and oxygen atoms in total. The van der Waals surface area contributed by atoms with E-state index < -0.39 is 68.4 Å². The molecule has 1 atom stereocenters. The summed E-state index contributed by atoms with van der Waals surface area (Å²) in [6.45, 7) is 4.01. The van der Waals surface area contributed by atoms with Crippen LogP contribution in [0, 0.1) is 20.8 Å². The molecule has 5 aromatic rings. The van der Waals surface area contributed by atoms with Crippen LogP contribution in [0.5, 0.6) is 11.5 Å². The lowest BCUT2D eigenvalue weighted by atomic mass is 10.1. The van der Waals surface area contributed by atoms with Crippen molar-refractivity contribution in [3.63, 3.8) is 0 Å². The van der Waals surface area contributed by atoms with Gasteiger partial charge in [-0.1, -0.05) is 36.8 Å².